The summed E-state index contributed by atoms with van der Waals surface area (Å²) in [6, 6.07) is 9.74. The van der Waals surface area contributed by atoms with Gasteiger partial charge in [-0.1, -0.05) is 85.9 Å². The topological polar surface area (TPSA) is 505 Å². The van der Waals surface area contributed by atoms with E-state index < -0.39 is 241 Å². The van der Waals surface area contributed by atoms with E-state index in [9.17, 15) is 65.1 Å². The summed E-state index contributed by atoms with van der Waals surface area (Å²) in [6.45, 7) is 9.64. The fourth-order valence-electron chi connectivity index (χ4n) is 14.0. The van der Waals surface area contributed by atoms with Crippen LogP contribution in [-0.4, -0.2) is 198 Å². The number of hydrogen-bond acceptors (Lipinski definition) is 27. The molecule has 1 radical (unpaired) electrons. The number of nitrogens with one attached hydrogen (secondary N) is 5. The van der Waals surface area contributed by atoms with Gasteiger partial charge in [0.15, 0.2) is 47.5 Å². The molecule has 599 valence electrons. The first-order valence-electron chi connectivity index (χ1n) is 36.1. The number of aliphatic hydroxyl groups is 6. The van der Waals surface area contributed by atoms with Crippen LogP contribution in [0.25, 0.3) is 11.1 Å². The van der Waals surface area contributed by atoms with Crippen LogP contribution in [0.5, 0.6) is 46.0 Å². The number of Topliss-reactive ketones (excluding diaryl/α,β-unsaturated/α-hetero) is 3. The molecule has 7 heterocycles. The van der Waals surface area contributed by atoms with E-state index in [4.69, 9.17) is 73.9 Å². The number of aliphatic hydroxyl groups excluding tert-OH is 6. The molecule has 7 aliphatic rings. The number of fused-ring (bicyclic) bond motifs is 16. The molecule has 7 aliphatic heterocycles. The number of primary amides is 1. The van der Waals surface area contributed by atoms with Gasteiger partial charge in [0.2, 0.25) is 41.6 Å². The molecule has 32 nitrogen and oxygen atoms in total. The van der Waals surface area contributed by atoms with Crippen molar-refractivity contribution in [1.29, 1.82) is 0 Å². The number of ether oxygens (including phenoxy) is 8. The van der Waals surface area contributed by atoms with E-state index in [-0.39, 0.29) is 113 Å². The van der Waals surface area contributed by atoms with Gasteiger partial charge in [-0.05, 0) is 118 Å². The Bertz CT molecular complexity index is 4340. The van der Waals surface area contributed by atoms with Gasteiger partial charge in [0.1, 0.15) is 65.9 Å². The Morgan fingerprint density at radius 3 is 2.03 bits per heavy atom. The van der Waals surface area contributed by atoms with Crippen molar-refractivity contribution >= 4 is 70.1 Å². The monoisotopic (exact) mass is 1660 g/mol. The smallest absolute Gasteiger partial charge is 0.246 e. The molecule has 21 atom stereocenters. The van der Waals surface area contributed by atoms with Gasteiger partial charge in [0, 0.05) is 89.6 Å². The summed E-state index contributed by atoms with van der Waals surface area (Å²) in [5.41, 5.74) is 9.86. The van der Waals surface area contributed by atoms with Crippen LogP contribution in [0.2, 0.25) is 10.0 Å². The van der Waals surface area contributed by atoms with Crippen LogP contribution in [0, 0.1) is 23.8 Å². The van der Waals surface area contributed by atoms with Gasteiger partial charge in [-0.25, -0.2) is 0 Å². The fourth-order valence-corrected chi connectivity index (χ4v) is 14.5. The number of nitrogens with two attached hydrogens (primary N) is 2. The van der Waals surface area contributed by atoms with Gasteiger partial charge >= 0.3 is 0 Å². The number of hydrogen-bond donors (Lipinski definition) is 16. The number of halogens is 2. The first-order valence-corrected chi connectivity index (χ1v) is 36.4. The van der Waals surface area contributed by atoms with Gasteiger partial charge in [-0.2, -0.15) is 0 Å². The average Bonchev–Trinajstić information content (AvgIpc) is 0.775. The Morgan fingerprint density at radius 2 is 1.43 bits per heavy atom. The summed E-state index contributed by atoms with van der Waals surface area (Å²) in [5, 5.41) is 115. The van der Waals surface area contributed by atoms with Gasteiger partial charge in [-0.15, -0.1) is 11.6 Å². The van der Waals surface area contributed by atoms with Crippen LogP contribution >= 0.6 is 23.2 Å². The molecule has 12 rings (SSSR count). The Hall–Kier alpha value is -7.58. The normalized spacial score (nSPS) is 30.6. The second kappa shape index (κ2) is 37.1. The fraction of sp³-hybridized carbons (Fsp3) is 0.500. The number of benzene rings is 5. The van der Waals surface area contributed by atoms with Crippen LogP contribution in [0.4, 0.5) is 0 Å². The van der Waals surface area contributed by atoms with Gasteiger partial charge < -0.3 is 122 Å². The predicted octanol–water partition coefficient (Wildman–Crippen LogP) is 3.83. The number of carbonyl (C=O) groups is 8. The first-order chi connectivity index (χ1) is 52.3. The number of ketones is 3. The van der Waals surface area contributed by atoms with Crippen molar-refractivity contribution in [2.24, 2.45) is 29.2 Å². The van der Waals surface area contributed by atoms with Crippen molar-refractivity contribution in [3.05, 3.63) is 117 Å². The van der Waals surface area contributed by atoms with Crippen molar-refractivity contribution < 1.29 is 156 Å². The van der Waals surface area contributed by atoms with Crippen LogP contribution < -0.4 is 52.3 Å². The predicted molar refractivity (Wildman–Crippen MR) is 389 cm³/mol. The molecule has 3 fully saturated rings. The maximum Gasteiger partial charge on any atom is 0.246 e. The van der Waals surface area contributed by atoms with Gasteiger partial charge in [0.05, 0.1) is 59.1 Å². The number of phenolic OH excluding ortho intramolecular Hbond substituents is 3. The number of para-hydroxylation sites is 1. The third-order valence-corrected chi connectivity index (χ3v) is 20.5. The van der Waals surface area contributed by atoms with E-state index in [1.165, 1.54) is 95.4 Å². The number of amides is 5. The minimum atomic E-state index is -2.09. The molecule has 5 amide bonds. The second-order valence-corrected chi connectivity index (χ2v) is 29.7. The Morgan fingerprint density at radius 1 is 0.793 bits per heavy atom. The minimum Gasteiger partial charge on any atom is -0.534 e. The van der Waals surface area contributed by atoms with E-state index in [0.29, 0.717) is 0 Å². The Labute approximate surface area is 675 Å². The number of aromatic hydroxyl groups is 3. The van der Waals surface area contributed by atoms with E-state index in [1.807, 2.05) is 13.8 Å². The third kappa shape index (κ3) is 20.3. The molecule has 0 saturated carbocycles. The summed E-state index contributed by atoms with van der Waals surface area (Å²) in [7, 11) is 1.50. The van der Waals surface area contributed by atoms with Crippen molar-refractivity contribution in [3.8, 4) is 57.1 Å². The number of phenols is 3. The van der Waals surface area contributed by atoms with Gasteiger partial charge in [-0.3, -0.25) is 38.4 Å². The van der Waals surface area contributed by atoms with Crippen molar-refractivity contribution in [2.75, 3.05) is 13.7 Å². The SMILES string of the molecule is [3H]C1(C)CC(OC2C(Oc3c4cc5cc3Oc3ccc(cc3Cl)C(OC3CC(C)(N)C(O)C(C)O3)C(C(=O)NC(C(C)=O)c3cc(O)[c-]c(O)c3-c3ccccc3O)NC(=O)CCC(=O)C5NC(=O)C(CC(N)=O)CC(=O)C(NC(=O)C(CC(C)C)NC)C(O)c3ccc(c(Cl)c3)O4)OC(CO)C(O)C2O)OC(C)C1O.[Y]. The molecule has 35 heteroatoms. The van der Waals surface area contributed by atoms with E-state index in [0.717, 1.165) is 25.1 Å². The van der Waals surface area contributed by atoms with Crippen LogP contribution in [0.1, 0.15) is 141 Å². The number of likely N-dealkylation sites (N-methyl/N-ethyl adjacent to an activating group) is 1. The molecule has 0 aromatic heterocycles. The molecule has 111 heavy (non-hydrogen) atoms. The number of carbonyl (C=O) groups excluding carboxylic acids is 8. The van der Waals surface area contributed by atoms with Gasteiger partial charge in [0.25, 0.3) is 0 Å². The zero-order valence-corrected chi connectivity index (χ0v) is 66.1. The zero-order valence-electron chi connectivity index (χ0n) is 62.8. The number of rotatable bonds is 19. The standard InChI is InChI=1S/C76H92Cl2N7O25.Y/c1-31(2)19-45(81-8)73(101)85-62-49(92)23-39(26-55(79)93)72(100)84-61-38-24-52(105-50-16-13-36(65(62)96)21-43(50)77)69(110-75-70(67(98)66(97)54(30-86)107-75)108-57-20-32(3)64(95)34(5)103-57)53(25-38)106-51-17-14-37(22-44(51)78)68(109-58-29-76(7,80)71(99)35(6)104-58)63(82-56(94)18-15-47(61)90)74(102)83-60(33(4)87)42-27-40(88)28-48(91)59(42)41-11-9-10-12-46(41)89;/h9-14,16-17,21-22,24-25,27,31-32,34-35,39,45,54,57-58,60-68,70-71,75,81,86,88-89,91,95-99H,15,18-20,23,26,29-30,80H2,1-8H3,(H2,79,93)(H,82,94)(H,83,102)(H,84,100)(H,85,101);/q-1;/i32T;. The molecular weight excluding hydrogens is 1570 g/mol. The van der Waals surface area contributed by atoms with Crippen molar-refractivity contribution in [1.82, 2.24) is 26.6 Å². The third-order valence-electron chi connectivity index (χ3n) is 19.9. The van der Waals surface area contributed by atoms with Crippen LogP contribution in [0.3, 0.4) is 0 Å². The summed E-state index contributed by atoms with van der Waals surface area (Å²) < 4.78 is 60.5. The second-order valence-electron chi connectivity index (χ2n) is 28.9. The molecule has 21 unspecified atom stereocenters. The largest absolute Gasteiger partial charge is 0.534 e. The molecule has 5 aromatic carbocycles. The van der Waals surface area contributed by atoms with Crippen LogP contribution in [0.15, 0.2) is 78.9 Å². The first kappa shape index (κ1) is 85.8. The van der Waals surface area contributed by atoms with E-state index >= 15 is 19.2 Å². The summed E-state index contributed by atoms with van der Waals surface area (Å²) in [4.78, 5) is 118. The average molecular weight is 1670 g/mol. The molecule has 5 aromatic rings. The van der Waals surface area contributed by atoms with Crippen molar-refractivity contribution in [2.45, 2.75) is 209 Å². The maximum absolute atomic E-state index is 15.7. The Kier molecular flexibility index (Phi) is 28.7. The summed E-state index contributed by atoms with van der Waals surface area (Å²) in [5.74, 6) is -16.2. The summed E-state index contributed by atoms with van der Waals surface area (Å²) >= 11 is 14.5. The molecule has 3 saturated heterocycles. The minimum absolute atomic E-state index is 0. The molecular formula is C76H92Cl2N7O25Y-. The quantitative estimate of drug-likeness (QED) is 0.0522. The molecule has 18 N–H and O–H groups in total. The summed E-state index contributed by atoms with van der Waals surface area (Å²) in [6.07, 6.45) is -25.0. The van der Waals surface area contributed by atoms with E-state index in [1.54, 1.807) is 0 Å². The Balaban J connectivity index is 0.0000144. The maximum atomic E-state index is 15.7. The van der Waals surface area contributed by atoms with E-state index in [2.05, 4.69) is 32.7 Å². The zero-order chi connectivity index (χ0) is 81.2. The molecule has 0 spiro atoms. The molecule has 7 bridgehead atoms. The van der Waals surface area contributed by atoms with Crippen LogP contribution in [-0.2, 0) is 94.7 Å². The van der Waals surface area contributed by atoms with Crippen molar-refractivity contribution in [3.63, 3.8) is 0 Å². The molecule has 0 aliphatic carbocycles.